The third-order valence-corrected chi connectivity index (χ3v) is 6.87. The Labute approximate surface area is 185 Å². The van der Waals surface area contributed by atoms with Gasteiger partial charge in [0.15, 0.2) is 0 Å². The molecular formula is C23H28N4O3S. The fourth-order valence-corrected chi connectivity index (χ4v) is 5.00. The molecule has 0 unspecified atom stereocenters. The van der Waals surface area contributed by atoms with Gasteiger partial charge in [0, 0.05) is 55.8 Å². The Kier molecular flexibility index (Phi) is 6.27. The van der Waals surface area contributed by atoms with Gasteiger partial charge in [-0.25, -0.2) is 4.98 Å². The van der Waals surface area contributed by atoms with E-state index in [1.54, 1.807) is 23.3 Å². The molecule has 2 aromatic heterocycles. The zero-order chi connectivity index (χ0) is 21.8. The number of carbonyl (C=O) groups excluding carboxylic acids is 2. The molecule has 1 aromatic carbocycles. The lowest BCUT2D eigenvalue weighted by Crippen LogP contribution is -2.44. The molecule has 0 aliphatic carbocycles. The standard InChI is InChI=1S/C23H28N4O3S/c1-27(12-9-20-24-18-6-5-16(30-2)14-19(18)25-20)22(29)8-11-23(10-7-21(28)26-23)15-17-4-3-13-31-17/h3-6,13-14H,7-12,15H2,1-2H3,(H,24,25)(H,26,28)/t23-/m1/s1. The lowest BCUT2D eigenvalue weighted by molar-refractivity contribution is -0.130. The molecule has 7 nitrogen and oxygen atoms in total. The van der Waals surface area contributed by atoms with Crippen molar-refractivity contribution in [2.75, 3.05) is 20.7 Å². The summed E-state index contributed by atoms with van der Waals surface area (Å²) in [7, 11) is 3.47. The summed E-state index contributed by atoms with van der Waals surface area (Å²) in [4.78, 5) is 35.6. The Morgan fingerprint density at radius 2 is 2.23 bits per heavy atom. The summed E-state index contributed by atoms with van der Waals surface area (Å²) in [5, 5.41) is 5.20. The van der Waals surface area contributed by atoms with Crippen molar-refractivity contribution in [2.45, 2.75) is 44.1 Å². The van der Waals surface area contributed by atoms with Gasteiger partial charge in [-0.1, -0.05) is 6.07 Å². The van der Waals surface area contributed by atoms with Crippen LogP contribution in [0.5, 0.6) is 5.75 Å². The number of H-pyrrole nitrogens is 1. The number of nitrogens with zero attached hydrogens (tertiary/aromatic N) is 2. The molecule has 2 amide bonds. The molecule has 1 saturated heterocycles. The van der Waals surface area contributed by atoms with E-state index >= 15 is 0 Å². The summed E-state index contributed by atoms with van der Waals surface area (Å²) in [5.74, 6) is 1.80. The van der Waals surface area contributed by atoms with E-state index in [0.717, 1.165) is 35.4 Å². The van der Waals surface area contributed by atoms with Gasteiger partial charge in [0.05, 0.1) is 18.1 Å². The zero-order valence-corrected chi connectivity index (χ0v) is 18.8. The van der Waals surface area contributed by atoms with E-state index in [1.165, 1.54) is 4.88 Å². The summed E-state index contributed by atoms with van der Waals surface area (Å²) < 4.78 is 5.25. The average Bonchev–Trinajstić information content (AvgIpc) is 3.50. The van der Waals surface area contributed by atoms with E-state index in [1.807, 2.05) is 36.7 Å². The molecular weight excluding hydrogens is 412 g/mol. The molecule has 3 aromatic rings. The van der Waals surface area contributed by atoms with E-state index in [4.69, 9.17) is 4.74 Å². The molecule has 0 bridgehead atoms. The van der Waals surface area contributed by atoms with Crippen molar-refractivity contribution in [3.8, 4) is 5.75 Å². The molecule has 1 fully saturated rings. The van der Waals surface area contributed by atoms with Gasteiger partial charge in [0.25, 0.3) is 0 Å². The number of thiophene rings is 1. The summed E-state index contributed by atoms with van der Waals surface area (Å²) in [6, 6.07) is 9.84. The van der Waals surface area contributed by atoms with Crippen molar-refractivity contribution in [3.05, 3.63) is 46.4 Å². The molecule has 2 N–H and O–H groups in total. The Morgan fingerprint density at radius 3 is 2.94 bits per heavy atom. The van der Waals surface area contributed by atoms with Gasteiger partial charge in [-0.15, -0.1) is 11.3 Å². The highest BCUT2D eigenvalue weighted by Gasteiger charge is 2.38. The van der Waals surface area contributed by atoms with Gasteiger partial charge < -0.3 is 19.9 Å². The number of benzene rings is 1. The minimum absolute atomic E-state index is 0.0823. The predicted octanol–water partition coefficient (Wildman–Crippen LogP) is 3.31. The maximum atomic E-state index is 12.8. The molecule has 31 heavy (non-hydrogen) atoms. The first kappa shape index (κ1) is 21.4. The van der Waals surface area contributed by atoms with Crippen LogP contribution in [0, 0.1) is 0 Å². The number of amides is 2. The highest BCUT2D eigenvalue weighted by atomic mass is 32.1. The Morgan fingerprint density at radius 1 is 1.35 bits per heavy atom. The first-order valence-electron chi connectivity index (χ1n) is 10.6. The molecule has 3 heterocycles. The Hall–Kier alpha value is -2.87. The summed E-state index contributed by atoms with van der Waals surface area (Å²) >= 11 is 1.69. The summed E-state index contributed by atoms with van der Waals surface area (Å²) in [6.07, 6.45) is 3.82. The number of hydrogen-bond acceptors (Lipinski definition) is 5. The third kappa shape index (κ3) is 5.07. The normalized spacial score (nSPS) is 18.3. The Balaban J connectivity index is 1.32. The predicted molar refractivity (Wildman–Crippen MR) is 121 cm³/mol. The monoisotopic (exact) mass is 440 g/mol. The van der Waals surface area contributed by atoms with E-state index in [0.29, 0.717) is 32.2 Å². The zero-order valence-electron chi connectivity index (χ0n) is 17.9. The molecule has 1 atom stereocenters. The highest BCUT2D eigenvalue weighted by Crippen LogP contribution is 2.31. The van der Waals surface area contributed by atoms with E-state index in [2.05, 4.69) is 21.4 Å². The molecule has 0 radical (unpaired) electrons. The smallest absolute Gasteiger partial charge is 0.222 e. The van der Waals surface area contributed by atoms with Crippen molar-refractivity contribution < 1.29 is 14.3 Å². The molecule has 1 aliphatic heterocycles. The number of rotatable bonds is 9. The van der Waals surface area contributed by atoms with Crippen LogP contribution in [-0.4, -0.2) is 52.9 Å². The quantitative estimate of drug-likeness (QED) is 0.534. The first-order chi connectivity index (χ1) is 15.0. The molecule has 4 rings (SSSR count). The third-order valence-electron chi connectivity index (χ3n) is 5.99. The van der Waals surface area contributed by atoms with Crippen LogP contribution in [0.1, 0.15) is 36.4 Å². The number of hydrogen-bond donors (Lipinski definition) is 2. The molecule has 0 spiro atoms. The molecule has 164 valence electrons. The van der Waals surface area contributed by atoms with Gasteiger partial charge in [-0.2, -0.15) is 0 Å². The second-order valence-corrected chi connectivity index (χ2v) is 9.25. The molecule has 0 saturated carbocycles. The number of likely N-dealkylation sites (N-methyl/N-ethyl adjacent to an activating group) is 1. The minimum Gasteiger partial charge on any atom is -0.497 e. The SMILES string of the molecule is COc1ccc2nc(CCN(C)C(=O)CC[C@@]3(Cc4cccs4)CCC(=O)N3)[nH]c2c1. The number of aromatic nitrogens is 2. The van der Waals surface area contributed by atoms with Crippen LogP contribution in [0.2, 0.25) is 0 Å². The van der Waals surface area contributed by atoms with E-state index in [-0.39, 0.29) is 17.4 Å². The number of imidazole rings is 1. The average molecular weight is 441 g/mol. The number of methoxy groups -OCH3 is 1. The number of ether oxygens (including phenoxy) is 1. The van der Waals surface area contributed by atoms with Crippen molar-refractivity contribution in [1.29, 1.82) is 0 Å². The number of carbonyl (C=O) groups is 2. The lowest BCUT2D eigenvalue weighted by atomic mass is 9.87. The van der Waals surface area contributed by atoms with E-state index < -0.39 is 0 Å². The fraction of sp³-hybridized carbons (Fsp3) is 0.435. The van der Waals surface area contributed by atoms with Gasteiger partial charge in [0.1, 0.15) is 11.6 Å². The van der Waals surface area contributed by atoms with Crippen molar-refractivity contribution in [2.24, 2.45) is 0 Å². The Bertz CT molecular complexity index is 1060. The minimum atomic E-state index is -0.309. The largest absolute Gasteiger partial charge is 0.497 e. The number of fused-ring (bicyclic) bond motifs is 1. The van der Waals surface area contributed by atoms with E-state index in [9.17, 15) is 9.59 Å². The second kappa shape index (κ2) is 9.09. The van der Waals surface area contributed by atoms with Gasteiger partial charge >= 0.3 is 0 Å². The molecule has 1 aliphatic rings. The highest BCUT2D eigenvalue weighted by molar-refractivity contribution is 7.09. The van der Waals surface area contributed by atoms with Crippen LogP contribution in [0.3, 0.4) is 0 Å². The van der Waals surface area contributed by atoms with Crippen molar-refractivity contribution in [1.82, 2.24) is 20.2 Å². The number of nitrogens with one attached hydrogen (secondary N) is 2. The molecule has 8 heteroatoms. The van der Waals surface area contributed by atoms with Crippen molar-refractivity contribution in [3.63, 3.8) is 0 Å². The van der Waals surface area contributed by atoms with Crippen LogP contribution in [0.15, 0.2) is 35.7 Å². The van der Waals surface area contributed by atoms with Crippen LogP contribution in [0.25, 0.3) is 11.0 Å². The van der Waals surface area contributed by atoms with Crippen LogP contribution in [0.4, 0.5) is 0 Å². The van der Waals surface area contributed by atoms with Crippen LogP contribution in [-0.2, 0) is 22.4 Å². The summed E-state index contributed by atoms with van der Waals surface area (Å²) in [6.45, 7) is 0.583. The van der Waals surface area contributed by atoms with Gasteiger partial charge in [-0.05, 0) is 36.4 Å². The first-order valence-corrected chi connectivity index (χ1v) is 11.4. The van der Waals surface area contributed by atoms with Crippen LogP contribution < -0.4 is 10.1 Å². The van der Waals surface area contributed by atoms with Crippen LogP contribution >= 0.6 is 11.3 Å². The maximum absolute atomic E-state index is 12.8. The topological polar surface area (TPSA) is 87.3 Å². The number of aromatic amines is 1. The summed E-state index contributed by atoms with van der Waals surface area (Å²) in [5.41, 5.74) is 1.50. The van der Waals surface area contributed by atoms with Crippen molar-refractivity contribution >= 4 is 34.2 Å². The lowest BCUT2D eigenvalue weighted by Gasteiger charge is -2.29. The maximum Gasteiger partial charge on any atom is 0.222 e. The van der Waals surface area contributed by atoms with Gasteiger partial charge in [-0.3, -0.25) is 9.59 Å². The fourth-order valence-electron chi connectivity index (χ4n) is 4.15. The second-order valence-electron chi connectivity index (χ2n) is 8.22. The van der Waals surface area contributed by atoms with Gasteiger partial charge in [0.2, 0.25) is 11.8 Å².